The molecule has 37 heavy (non-hydrogen) atoms. The fourth-order valence-corrected chi connectivity index (χ4v) is 5.16. The molecular weight excluding hydrogens is 507 g/mol. The topological polar surface area (TPSA) is 74.4 Å². The van der Waals surface area contributed by atoms with Gasteiger partial charge in [-0.3, -0.25) is 0 Å². The average Bonchev–Trinajstić information content (AvgIpc) is 3.35. The van der Waals surface area contributed by atoms with E-state index in [1.165, 1.54) is 0 Å². The lowest BCUT2D eigenvalue weighted by Gasteiger charge is -2.30. The monoisotopic (exact) mass is 532 g/mol. The van der Waals surface area contributed by atoms with Crippen LogP contribution in [0.15, 0.2) is 85.3 Å². The molecule has 0 saturated carbocycles. The molecule has 3 aromatic carbocycles. The predicted octanol–water partition coefficient (Wildman–Crippen LogP) is 5.65. The first-order chi connectivity index (χ1) is 17.8. The highest BCUT2D eigenvalue weighted by atomic mass is 35.5. The number of hydrogen-bond acceptors (Lipinski definition) is 5. The molecule has 1 unspecified atom stereocenters. The quantitative estimate of drug-likeness (QED) is 0.283. The predicted molar refractivity (Wildman–Crippen MR) is 149 cm³/mol. The third-order valence-corrected chi connectivity index (χ3v) is 7.27. The summed E-state index contributed by atoms with van der Waals surface area (Å²) < 4.78 is 1.79. The van der Waals surface area contributed by atoms with Crippen LogP contribution in [-0.4, -0.2) is 44.9 Å². The van der Waals surface area contributed by atoms with Gasteiger partial charge < -0.3 is 19.7 Å². The Hall–Kier alpha value is -3.42. The Morgan fingerprint density at radius 2 is 1.68 bits per heavy atom. The molecule has 0 saturated heterocycles. The molecular formula is C29H26Cl2N4O2. The summed E-state index contributed by atoms with van der Waals surface area (Å²) in [5, 5.41) is 23.7. The lowest BCUT2D eigenvalue weighted by atomic mass is 9.83. The van der Waals surface area contributed by atoms with Crippen LogP contribution in [0.4, 0.5) is 5.82 Å². The molecule has 188 valence electrons. The Kier molecular flexibility index (Phi) is 6.92. The van der Waals surface area contributed by atoms with Gasteiger partial charge in [-0.05, 0) is 41.0 Å². The summed E-state index contributed by atoms with van der Waals surface area (Å²) in [6.07, 6.45) is 3.31. The molecule has 5 aromatic rings. The number of hydrogen-bond donors (Lipinski definition) is 2. The van der Waals surface area contributed by atoms with Gasteiger partial charge in [0.25, 0.3) is 0 Å². The van der Waals surface area contributed by atoms with E-state index in [-0.39, 0.29) is 6.61 Å². The molecule has 2 aromatic heterocycles. The number of aromatic nitrogens is 3. The van der Waals surface area contributed by atoms with Crippen molar-refractivity contribution in [1.29, 1.82) is 0 Å². The summed E-state index contributed by atoms with van der Waals surface area (Å²) in [6, 6.07) is 22.5. The van der Waals surface area contributed by atoms with Gasteiger partial charge in [0, 0.05) is 36.6 Å². The van der Waals surface area contributed by atoms with Gasteiger partial charge in [-0.2, -0.15) is 0 Å². The second-order valence-corrected chi connectivity index (χ2v) is 9.79. The maximum absolute atomic E-state index is 12.3. The van der Waals surface area contributed by atoms with E-state index in [2.05, 4.69) is 4.98 Å². The van der Waals surface area contributed by atoms with E-state index >= 15 is 0 Å². The Morgan fingerprint density at radius 1 is 0.973 bits per heavy atom. The summed E-state index contributed by atoms with van der Waals surface area (Å²) in [4.78, 5) is 11.1. The van der Waals surface area contributed by atoms with Crippen LogP contribution in [-0.2, 0) is 12.6 Å². The van der Waals surface area contributed by atoms with Crippen LogP contribution in [0.5, 0.6) is 0 Å². The number of anilines is 1. The summed E-state index contributed by atoms with van der Waals surface area (Å²) >= 11 is 13.3. The molecule has 0 radical (unpaired) electrons. The number of pyridine rings is 1. The highest BCUT2D eigenvalue weighted by Gasteiger charge is 2.37. The van der Waals surface area contributed by atoms with E-state index in [1.54, 1.807) is 29.2 Å². The van der Waals surface area contributed by atoms with Gasteiger partial charge in [0.1, 0.15) is 5.82 Å². The first-order valence-corrected chi connectivity index (χ1v) is 12.6. The molecule has 2 heterocycles. The summed E-state index contributed by atoms with van der Waals surface area (Å²) in [6.45, 7) is 0.392. The number of halogens is 2. The molecule has 8 heteroatoms. The molecule has 0 aliphatic rings. The van der Waals surface area contributed by atoms with Crippen LogP contribution in [0.2, 0.25) is 10.0 Å². The average molecular weight is 533 g/mol. The standard InChI is InChI=1S/C29H26Cl2N4O2/c1-34(14-15-36)28-26(19-6-4-3-5-7-19)27(31)23-16-21(10-13-24(23)33-28)29(37,25-17-32-18-35(25)2)20-8-11-22(30)12-9-20/h3-13,16-18,36-37H,14-15H2,1-2H3. The minimum atomic E-state index is -1.52. The van der Waals surface area contributed by atoms with Crippen LogP contribution in [0.25, 0.3) is 22.0 Å². The molecule has 0 aliphatic heterocycles. The van der Waals surface area contributed by atoms with Crippen molar-refractivity contribution in [2.24, 2.45) is 7.05 Å². The van der Waals surface area contributed by atoms with Crippen molar-refractivity contribution < 1.29 is 10.2 Å². The lowest BCUT2D eigenvalue weighted by Crippen LogP contribution is -2.31. The SMILES string of the molecule is CN(CCO)c1nc2ccc(C(O)(c3ccc(Cl)cc3)c3cncn3C)cc2c(Cl)c1-c1ccccc1. The Balaban J connectivity index is 1.78. The van der Waals surface area contributed by atoms with Gasteiger partial charge in [-0.15, -0.1) is 0 Å². The number of aliphatic hydroxyl groups is 2. The van der Waals surface area contributed by atoms with E-state index in [1.807, 2.05) is 79.7 Å². The number of aliphatic hydroxyl groups excluding tert-OH is 1. The number of rotatable bonds is 7. The lowest BCUT2D eigenvalue weighted by molar-refractivity contribution is 0.117. The summed E-state index contributed by atoms with van der Waals surface area (Å²) in [5.41, 5.74) is 2.69. The number of likely N-dealkylation sites (N-methyl/N-ethyl adjacent to an activating group) is 1. The highest BCUT2D eigenvalue weighted by Crippen LogP contribution is 2.43. The zero-order valence-corrected chi connectivity index (χ0v) is 21.9. The zero-order chi connectivity index (χ0) is 26.2. The minimum Gasteiger partial charge on any atom is -0.395 e. The Labute approximate surface area is 225 Å². The molecule has 5 rings (SSSR count). The second-order valence-electron chi connectivity index (χ2n) is 8.97. The van der Waals surface area contributed by atoms with Crippen LogP contribution < -0.4 is 4.90 Å². The largest absolute Gasteiger partial charge is 0.395 e. The molecule has 6 nitrogen and oxygen atoms in total. The van der Waals surface area contributed by atoms with E-state index < -0.39 is 5.60 Å². The van der Waals surface area contributed by atoms with Gasteiger partial charge >= 0.3 is 0 Å². The molecule has 0 aliphatic carbocycles. The van der Waals surface area contributed by atoms with Crippen LogP contribution in [0, 0.1) is 0 Å². The van der Waals surface area contributed by atoms with E-state index in [0.717, 1.165) is 11.1 Å². The van der Waals surface area contributed by atoms with Crippen LogP contribution in [0.1, 0.15) is 16.8 Å². The Morgan fingerprint density at radius 3 is 2.32 bits per heavy atom. The van der Waals surface area contributed by atoms with Crippen molar-refractivity contribution in [1.82, 2.24) is 14.5 Å². The number of aryl methyl sites for hydroxylation is 1. The molecule has 1 atom stereocenters. The molecule has 0 fully saturated rings. The molecule has 2 N–H and O–H groups in total. The van der Waals surface area contributed by atoms with Crippen molar-refractivity contribution in [3.8, 4) is 11.1 Å². The highest BCUT2D eigenvalue weighted by molar-refractivity contribution is 6.39. The number of benzene rings is 3. The van der Waals surface area contributed by atoms with Crippen molar-refractivity contribution in [2.75, 3.05) is 25.1 Å². The Bertz CT molecular complexity index is 1550. The molecule has 0 bridgehead atoms. The minimum absolute atomic E-state index is 0.0141. The second kappa shape index (κ2) is 10.1. The van der Waals surface area contributed by atoms with Gasteiger partial charge in [-0.1, -0.05) is 71.7 Å². The molecule has 0 spiro atoms. The number of fused-ring (bicyclic) bond motifs is 1. The smallest absolute Gasteiger partial charge is 0.156 e. The number of imidazole rings is 1. The third-order valence-electron chi connectivity index (χ3n) is 6.63. The fraction of sp³-hybridized carbons (Fsp3) is 0.172. The fourth-order valence-electron chi connectivity index (χ4n) is 4.69. The van der Waals surface area contributed by atoms with Gasteiger partial charge in [0.2, 0.25) is 0 Å². The molecule has 0 amide bonds. The zero-order valence-electron chi connectivity index (χ0n) is 20.4. The van der Waals surface area contributed by atoms with Gasteiger partial charge in [-0.25, -0.2) is 9.97 Å². The van der Waals surface area contributed by atoms with Gasteiger partial charge in [0.15, 0.2) is 5.60 Å². The summed E-state index contributed by atoms with van der Waals surface area (Å²) in [7, 11) is 3.72. The van der Waals surface area contributed by atoms with Crippen molar-refractivity contribution in [2.45, 2.75) is 5.60 Å². The summed E-state index contributed by atoms with van der Waals surface area (Å²) in [5.74, 6) is 0.671. The van der Waals surface area contributed by atoms with Crippen molar-refractivity contribution in [3.63, 3.8) is 0 Å². The van der Waals surface area contributed by atoms with Crippen LogP contribution in [0.3, 0.4) is 0 Å². The third kappa shape index (κ3) is 4.47. The maximum Gasteiger partial charge on any atom is 0.156 e. The first-order valence-electron chi connectivity index (χ1n) is 11.8. The number of nitrogens with zero attached hydrogens (tertiary/aromatic N) is 4. The normalized spacial score (nSPS) is 13.0. The van der Waals surface area contributed by atoms with E-state index in [0.29, 0.717) is 50.1 Å². The maximum atomic E-state index is 12.3. The van der Waals surface area contributed by atoms with Crippen molar-refractivity contribution in [3.05, 3.63) is 112 Å². The van der Waals surface area contributed by atoms with E-state index in [4.69, 9.17) is 28.2 Å². The first kappa shape index (κ1) is 25.2. The van der Waals surface area contributed by atoms with E-state index in [9.17, 15) is 10.2 Å². The van der Waals surface area contributed by atoms with Gasteiger partial charge in [0.05, 0.1) is 35.4 Å². The van der Waals surface area contributed by atoms with Crippen LogP contribution >= 0.6 is 23.2 Å². The van der Waals surface area contributed by atoms with Crippen molar-refractivity contribution >= 4 is 39.9 Å².